The molecule has 0 atom stereocenters. The third-order valence-electron chi connectivity index (χ3n) is 4.19. The van der Waals surface area contributed by atoms with E-state index in [1.165, 1.54) is 16.7 Å². The number of rotatable bonds is 8. The Balaban J connectivity index is 2.48. The van der Waals surface area contributed by atoms with Crippen LogP contribution in [0.1, 0.15) is 64.5 Å². The van der Waals surface area contributed by atoms with E-state index in [1.807, 2.05) is 0 Å². The van der Waals surface area contributed by atoms with Crippen LogP contribution in [0, 0.1) is 6.92 Å². The van der Waals surface area contributed by atoms with Gasteiger partial charge in [-0.25, -0.2) is 0 Å². The molecule has 0 saturated carbocycles. The predicted molar refractivity (Wildman–Crippen MR) is 104 cm³/mol. The van der Waals surface area contributed by atoms with Crippen molar-refractivity contribution >= 4 is 0 Å². The fraction of sp³-hybridized carbons (Fsp3) is 0.455. The molecule has 2 heteroatoms. The van der Waals surface area contributed by atoms with Crippen molar-refractivity contribution in [3.63, 3.8) is 0 Å². The van der Waals surface area contributed by atoms with Crippen LogP contribution in [0.3, 0.4) is 0 Å². The van der Waals surface area contributed by atoms with Crippen LogP contribution >= 0.6 is 0 Å². The van der Waals surface area contributed by atoms with Gasteiger partial charge in [-0.2, -0.15) is 0 Å². The maximum Gasteiger partial charge on any atom is 0.119 e. The summed E-state index contributed by atoms with van der Waals surface area (Å²) in [7, 11) is 0. The number of phenolic OH excluding ortho intramolecular Hbond substituents is 2. The Hall–Kier alpha value is -1.96. The van der Waals surface area contributed by atoms with E-state index in [-0.39, 0.29) is 11.5 Å². The lowest BCUT2D eigenvalue weighted by Crippen LogP contribution is -1.87. The van der Waals surface area contributed by atoms with E-state index in [0.717, 1.165) is 31.2 Å². The molecule has 0 aliphatic carbocycles. The van der Waals surface area contributed by atoms with Crippen molar-refractivity contribution < 1.29 is 10.2 Å². The first-order chi connectivity index (χ1) is 11.3. The second-order valence-corrected chi connectivity index (χ2v) is 6.93. The quantitative estimate of drug-likeness (QED) is 0.430. The van der Waals surface area contributed by atoms with Crippen LogP contribution in [-0.2, 0) is 6.42 Å². The maximum atomic E-state index is 9.94. The zero-order chi connectivity index (χ0) is 18.1. The minimum absolute atomic E-state index is 0.240. The van der Waals surface area contributed by atoms with Crippen LogP contribution in [0.25, 0.3) is 0 Å². The smallest absolute Gasteiger partial charge is 0.119 e. The Bertz CT molecular complexity index is 630. The van der Waals surface area contributed by atoms with Crippen molar-refractivity contribution in [3.8, 4) is 11.5 Å². The molecule has 0 unspecified atom stereocenters. The van der Waals surface area contributed by atoms with Crippen LogP contribution in [0.4, 0.5) is 0 Å². The van der Waals surface area contributed by atoms with E-state index in [4.69, 9.17) is 0 Å². The molecule has 132 valence electrons. The molecular weight excluding hydrogens is 296 g/mol. The van der Waals surface area contributed by atoms with E-state index in [2.05, 4.69) is 45.9 Å². The molecule has 1 rings (SSSR count). The molecule has 2 N–H and O–H groups in total. The number of aryl methyl sites for hydroxylation is 1. The molecule has 0 saturated heterocycles. The van der Waals surface area contributed by atoms with Gasteiger partial charge in [0.1, 0.15) is 11.5 Å². The largest absolute Gasteiger partial charge is 0.508 e. The van der Waals surface area contributed by atoms with Gasteiger partial charge in [0.2, 0.25) is 0 Å². The Labute approximate surface area is 147 Å². The molecule has 0 heterocycles. The van der Waals surface area contributed by atoms with Crippen molar-refractivity contribution in [2.24, 2.45) is 0 Å². The first-order valence-electron chi connectivity index (χ1n) is 8.75. The van der Waals surface area contributed by atoms with Gasteiger partial charge in [0.05, 0.1) is 0 Å². The Morgan fingerprint density at radius 3 is 2.04 bits per heavy atom. The lowest BCUT2D eigenvalue weighted by molar-refractivity contribution is 0.452. The fourth-order valence-corrected chi connectivity index (χ4v) is 2.51. The molecule has 0 aliphatic rings. The van der Waals surface area contributed by atoms with Gasteiger partial charge in [-0.05, 0) is 84.4 Å². The number of aromatic hydroxyl groups is 2. The number of hydrogen-bond donors (Lipinski definition) is 2. The van der Waals surface area contributed by atoms with Crippen LogP contribution in [0.2, 0.25) is 0 Å². The highest BCUT2D eigenvalue weighted by Crippen LogP contribution is 2.27. The van der Waals surface area contributed by atoms with E-state index >= 15 is 0 Å². The molecule has 24 heavy (non-hydrogen) atoms. The van der Waals surface area contributed by atoms with Crippen molar-refractivity contribution in [2.75, 3.05) is 0 Å². The highest BCUT2D eigenvalue weighted by molar-refractivity contribution is 5.45. The number of hydrogen-bond acceptors (Lipinski definition) is 2. The van der Waals surface area contributed by atoms with Crippen molar-refractivity contribution in [1.82, 2.24) is 0 Å². The highest BCUT2D eigenvalue weighted by atomic mass is 16.3. The predicted octanol–water partition coefficient (Wildman–Crippen LogP) is 6.37. The second kappa shape index (κ2) is 10.0. The average Bonchev–Trinajstić information content (AvgIpc) is 2.49. The summed E-state index contributed by atoms with van der Waals surface area (Å²) in [4.78, 5) is 0. The molecular formula is C22H32O2. The topological polar surface area (TPSA) is 40.5 Å². The van der Waals surface area contributed by atoms with Gasteiger partial charge < -0.3 is 10.2 Å². The Kier molecular flexibility index (Phi) is 8.39. The monoisotopic (exact) mass is 328 g/mol. The summed E-state index contributed by atoms with van der Waals surface area (Å²) in [5.74, 6) is 0.494. The number of phenols is 2. The van der Waals surface area contributed by atoms with E-state index in [0.29, 0.717) is 12.0 Å². The van der Waals surface area contributed by atoms with Crippen molar-refractivity contribution in [2.45, 2.75) is 66.7 Å². The first kappa shape index (κ1) is 20.1. The van der Waals surface area contributed by atoms with Gasteiger partial charge in [-0.3, -0.25) is 0 Å². The summed E-state index contributed by atoms with van der Waals surface area (Å²) in [5, 5.41) is 19.7. The van der Waals surface area contributed by atoms with E-state index in [9.17, 15) is 10.2 Å². The second-order valence-electron chi connectivity index (χ2n) is 6.93. The van der Waals surface area contributed by atoms with Crippen molar-refractivity contribution in [3.05, 3.63) is 58.2 Å². The summed E-state index contributed by atoms with van der Waals surface area (Å²) in [6.07, 6.45) is 11.7. The van der Waals surface area contributed by atoms with Gasteiger partial charge in [0.25, 0.3) is 0 Å². The Morgan fingerprint density at radius 1 is 0.833 bits per heavy atom. The summed E-state index contributed by atoms with van der Waals surface area (Å²) >= 11 is 0. The molecule has 1 aromatic carbocycles. The fourth-order valence-electron chi connectivity index (χ4n) is 2.51. The number of allylic oxidation sites excluding steroid dienone is 6. The maximum absolute atomic E-state index is 9.94. The molecule has 0 aromatic heterocycles. The average molecular weight is 328 g/mol. The van der Waals surface area contributed by atoms with Gasteiger partial charge >= 0.3 is 0 Å². The van der Waals surface area contributed by atoms with Crippen LogP contribution in [0.15, 0.2) is 47.1 Å². The molecule has 1 aromatic rings. The highest BCUT2D eigenvalue weighted by Gasteiger charge is 2.04. The zero-order valence-electron chi connectivity index (χ0n) is 15.8. The molecule has 0 amide bonds. The molecule has 0 bridgehead atoms. The lowest BCUT2D eigenvalue weighted by atomic mass is 10.0. The standard InChI is InChI=1S/C22H32O2/c1-16(2)8-6-9-17(3)10-7-11-18(4)12-13-20-15-21(23)19(5)14-22(20)24/h8,10,12,14-15,23-24H,6-7,9,11,13H2,1-5H3/b17-10-,18-12-. The SMILES string of the molecule is CC(C)=CCC/C(C)=C\CC/C(C)=C\Cc1cc(O)c(C)cc1O. The van der Waals surface area contributed by atoms with E-state index < -0.39 is 0 Å². The minimum Gasteiger partial charge on any atom is -0.508 e. The molecule has 0 radical (unpaired) electrons. The zero-order valence-corrected chi connectivity index (χ0v) is 15.8. The summed E-state index contributed by atoms with van der Waals surface area (Å²) in [6, 6.07) is 3.27. The first-order valence-corrected chi connectivity index (χ1v) is 8.75. The summed E-state index contributed by atoms with van der Waals surface area (Å²) < 4.78 is 0. The third-order valence-corrected chi connectivity index (χ3v) is 4.19. The lowest BCUT2D eigenvalue weighted by Gasteiger charge is -2.06. The van der Waals surface area contributed by atoms with Gasteiger partial charge in [0.15, 0.2) is 0 Å². The Morgan fingerprint density at radius 2 is 1.42 bits per heavy atom. The molecule has 0 spiro atoms. The normalized spacial score (nSPS) is 12.4. The van der Waals surface area contributed by atoms with Gasteiger partial charge in [0, 0.05) is 5.56 Å². The van der Waals surface area contributed by atoms with Gasteiger partial charge in [-0.1, -0.05) is 34.9 Å². The van der Waals surface area contributed by atoms with Crippen LogP contribution < -0.4 is 0 Å². The minimum atomic E-state index is 0.240. The molecule has 0 aliphatic heterocycles. The summed E-state index contributed by atoms with van der Waals surface area (Å²) in [6.45, 7) is 10.4. The van der Waals surface area contributed by atoms with Crippen LogP contribution in [0.5, 0.6) is 11.5 Å². The molecule has 0 fully saturated rings. The summed E-state index contributed by atoms with van der Waals surface area (Å²) in [5.41, 5.74) is 5.60. The van der Waals surface area contributed by atoms with Gasteiger partial charge in [-0.15, -0.1) is 0 Å². The number of benzene rings is 1. The third kappa shape index (κ3) is 7.54. The van der Waals surface area contributed by atoms with Crippen molar-refractivity contribution in [1.29, 1.82) is 0 Å². The molecule has 2 nitrogen and oxygen atoms in total. The van der Waals surface area contributed by atoms with E-state index in [1.54, 1.807) is 19.1 Å². The van der Waals surface area contributed by atoms with Crippen LogP contribution in [-0.4, -0.2) is 10.2 Å².